The second-order valence-electron chi connectivity index (χ2n) is 8.94. The number of allylic oxidation sites excluding steroid dienone is 2. The Hall–Kier alpha value is -4.02. The fourth-order valence-electron chi connectivity index (χ4n) is 2.99. The minimum Gasteiger partial charge on any atom is -0.396 e. The third-order valence-electron chi connectivity index (χ3n) is 5.18. The molecule has 5 N–H and O–H groups in total. The highest BCUT2D eigenvalue weighted by molar-refractivity contribution is 6.29. The summed E-state index contributed by atoms with van der Waals surface area (Å²) in [4.78, 5) is 28.8. The van der Waals surface area contributed by atoms with Crippen LogP contribution in [-0.4, -0.2) is 35.8 Å². The Morgan fingerprint density at radius 1 is 1.19 bits per heavy atom. The largest absolute Gasteiger partial charge is 0.396 e. The van der Waals surface area contributed by atoms with Crippen molar-refractivity contribution in [3.05, 3.63) is 65.6 Å². The van der Waals surface area contributed by atoms with E-state index in [2.05, 4.69) is 32.7 Å². The van der Waals surface area contributed by atoms with E-state index in [1.807, 2.05) is 20.8 Å². The molecule has 0 spiro atoms. The number of aliphatic imine (C=N–C) groups is 1. The van der Waals surface area contributed by atoms with Crippen LogP contribution in [0.2, 0.25) is 0 Å². The Balaban J connectivity index is 2.04. The van der Waals surface area contributed by atoms with Gasteiger partial charge in [-0.2, -0.15) is 8.78 Å². The molecule has 0 saturated carbocycles. The van der Waals surface area contributed by atoms with E-state index in [1.54, 1.807) is 30.3 Å². The topological polar surface area (TPSA) is 135 Å². The van der Waals surface area contributed by atoms with Crippen LogP contribution < -0.4 is 21.7 Å². The number of halogens is 2. The number of carbonyl (C=O) groups excluding carboxylic acids is 2. The van der Waals surface area contributed by atoms with Crippen LogP contribution in [0.25, 0.3) is 0 Å². The van der Waals surface area contributed by atoms with Gasteiger partial charge in [0.1, 0.15) is 5.76 Å². The Labute approximate surface area is 208 Å². The Bertz CT molecular complexity index is 1160. The second kappa shape index (κ2) is 11.6. The van der Waals surface area contributed by atoms with Crippen LogP contribution in [0.4, 0.5) is 25.1 Å². The molecule has 1 heterocycles. The van der Waals surface area contributed by atoms with Crippen molar-refractivity contribution in [3.8, 4) is 0 Å². The Kier molecular flexibility index (Phi) is 9.10. The number of nitrogens with two attached hydrogens (primary N) is 1. The maximum atomic E-state index is 14.2. The highest BCUT2D eigenvalue weighted by Gasteiger charge is 2.35. The maximum Gasteiger partial charge on any atom is 0.320 e. The van der Waals surface area contributed by atoms with Crippen LogP contribution in [-0.2, 0) is 16.8 Å². The SMILES string of the molecule is C=CC(=NC)C(C(=O)Nc1ccc(CNC(=O)Nc2cc(C(C)(C)C)on2)cc1)=C(N)C(F)(F)CC. The lowest BCUT2D eigenvalue weighted by molar-refractivity contribution is -0.112. The summed E-state index contributed by atoms with van der Waals surface area (Å²) in [6, 6.07) is 7.66. The highest BCUT2D eigenvalue weighted by Crippen LogP contribution is 2.28. The van der Waals surface area contributed by atoms with E-state index in [9.17, 15) is 18.4 Å². The molecule has 0 saturated heterocycles. The van der Waals surface area contributed by atoms with Gasteiger partial charge in [-0.05, 0) is 23.8 Å². The number of alkyl halides is 2. The van der Waals surface area contributed by atoms with Crippen molar-refractivity contribution in [1.29, 1.82) is 0 Å². The number of rotatable bonds is 9. The van der Waals surface area contributed by atoms with Crippen molar-refractivity contribution in [2.24, 2.45) is 10.7 Å². The molecule has 0 aliphatic carbocycles. The molecule has 1 aromatic carbocycles. The number of carbonyl (C=O) groups is 2. The van der Waals surface area contributed by atoms with Gasteiger partial charge in [-0.1, -0.05) is 51.6 Å². The zero-order chi connectivity index (χ0) is 27.1. The normalized spacial score (nSPS) is 13.0. The number of hydrogen-bond donors (Lipinski definition) is 4. The Morgan fingerprint density at radius 3 is 2.33 bits per heavy atom. The van der Waals surface area contributed by atoms with Crippen molar-refractivity contribution in [1.82, 2.24) is 10.5 Å². The summed E-state index contributed by atoms with van der Waals surface area (Å²) >= 11 is 0. The predicted octanol–water partition coefficient (Wildman–Crippen LogP) is 4.75. The van der Waals surface area contributed by atoms with Crippen LogP contribution in [0.5, 0.6) is 0 Å². The quantitative estimate of drug-likeness (QED) is 0.290. The van der Waals surface area contributed by atoms with Gasteiger partial charge in [0.25, 0.3) is 11.8 Å². The van der Waals surface area contributed by atoms with Crippen LogP contribution in [0.3, 0.4) is 0 Å². The van der Waals surface area contributed by atoms with Gasteiger partial charge < -0.3 is 20.9 Å². The molecule has 2 aromatic rings. The molecule has 1 aromatic heterocycles. The van der Waals surface area contributed by atoms with Gasteiger partial charge in [0, 0.05) is 37.2 Å². The number of benzene rings is 1. The van der Waals surface area contributed by atoms with Gasteiger partial charge in [-0.3, -0.25) is 15.1 Å². The fraction of sp³-hybridized carbons (Fsp3) is 0.360. The molecular formula is C25H32F2N6O3. The first kappa shape index (κ1) is 28.2. The Morgan fingerprint density at radius 2 is 1.83 bits per heavy atom. The summed E-state index contributed by atoms with van der Waals surface area (Å²) < 4.78 is 33.7. The summed E-state index contributed by atoms with van der Waals surface area (Å²) in [5.74, 6) is -3.29. The predicted molar refractivity (Wildman–Crippen MR) is 136 cm³/mol. The first-order chi connectivity index (χ1) is 16.8. The lowest BCUT2D eigenvalue weighted by atomic mass is 9.93. The summed E-state index contributed by atoms with van der Waals surface area (Å²) in [6.45, 7) is 10.9. The lowest BCUT2D eigenvalue weighted by Crippen LogP contribution is -2.32. The van der Waals surface area contributed by atoms with Gasteiger partial charge in [0.15, 0.2) is 5.82 Å². The van der Waals surface area contributed by atoms with E-state index < -0.39 is 35.6 Å². The summed E-state index contributed by atoms with van der Waals surface area (Å²) in [5, 5.41) is 11.7. The minimum atomic E-state index is -3.39. The van der Waals surface area contributed by atoms with E-state index in [0.717, 1.165) is 5.56 Å². The monoisotopic (exact) mass is 502 g/mol. The number of nitrogens with one attached hydrogen (secondary N) is 3. The van der Waals surface area contributed by atoms with Crippen LogP contribution in [0.1, 0.15) is 45.4 Å². The van der Waals surface area contributed by atoms with E-state index >= 15 is 0 Å². The van der Waals surface area contributed by atoms with Crippen molar-refractivity contribution >= 4 is 29.2 Å². The smallest absolute Gasteiger partial charge is 0.320 e. The fourth-order valence-corrected chi connectivity index (χ4v) is 2.99. The highest BCUT2D eigenvalue weighted by atomic mass is 19.3. The van der Waals surface area contributed by atoms with Crippen molar-refractivity contribution in [2.45, 2.75) is 52.0 Å². The summed E-state index contributed by atoms with van der Waals surface area (Å²) in [6.07, 6.45) is 0.615. The number of hydrogen-bond acceptors (Lipinski definition) is 6. The molecule has 3 amide bonds. The number of aromatic nitrogens is 1. The van der Waals surface area contributed by atoms with Crippen LogP contribution in [0, 0.1) is 0 Å². The van der Waals surface area contributed by atoms with Crippen molar-refractivity contribution in [2.75, 3.05) is 17.7 Å². The zero-order valence-electron chi connectivity index (χ0n) is 21.0. The number of nitrogens with zero attached hydrogens (tertiary/aromatic N) is 2. The van der Waals surface area contributed by atoms with Gasteiger partial charge in [0.05, 0.1) is 17.0 Å². The van der Waals surface area contributed by atoms with Gasteiger partial charge >= 0.3 is 6.03 Å². The average Bonchev–Trinajstić information content (AvgIpc) is 3.30. The number of anilines is 2. The van der Waals surface area contributed by atoms with Gasteiger partial charge in [-0.15, -0.1) is 0 Å². The first-order valence-electron chi connectivity index (χ1n) is 11.2. The van der Waals surface area contributed by atoms with Gasteiger partial charge in [-0.25, -0.2) is 4.79 Å². The molecule has 0 aliphatic heterocycles. The third kappa shape index (κ3) is 7.24. The first-order valence-corrected chi connectivity index (χ1v) is 11.2. The lowest BCUT2D eigenvalue weighted by Gasteiger charge is -2.19. The van der Waals surface area contributed by atoms with Crippen LogP contribution in [0.15, 0.2) is 63.8 Å². The number of urea groups is 1. The number of amides is 3. The standard InChI is InChI=1S/C25H32F2N6O3/c1-7-17(29-6)20(21(28)25(26,27)8-2)22(34)31-16-11-9-15(10-12-16)14-30-23(35)32-19-13-18(36-33-19)24(3,4)5/h7,9-13H,1,8,14,28H2,2-6H3,(H,31,34)(H2,30,32,33,35). The minimum absolute atomic E-state index is 0.0494. The van der Waals surface area contributed by atoms with Crippen molar-refractivity contribution in [3.63, 3.8) is 0 Å². The molecule has 0 fully saturated rings. The van der Waals surface area contributed by atoms with Crippen molar-refractivity contribution < 1.29 is 22.9 Å². The molecular weight excluding hydrogens is 470 g/mol. The van der Waals surface area contributed by atoms with E-state index in [-0.39, 0.29) is 17.7 Å². The molecule has 0 radical (unpaired) electrons. The molecule has 0 bridgehead atoms. The molecule has 2 rings (SSSR count). The maximum absolute atomic E-state index is 14.2. The molecule has 0 unspecified atom stereocenters. The van der Waals surface area contributed by atoms with E-state index in [0.29, 0.717) is 17.3 Å². The molecule has 0 aliphatic rings. The second-order valence-corrected chi connectivity index (χ2v) is 8.94. The molecule has 36 heavy (non-hydrogen) atoms. The zero-order valence-corrected chi connectivity index (χ0v) is 21.0. The van der Waals surface area contributed by atoms with Crippen LogP contribution >= 0.6 is 0 Å². The molecule has 11 heteroatoms. The van der Waals surface area contributed by atoms with Gasteiger partial charge in [0.2, 0.25) is 0 Å². The molecule has 9 nitrogen and oxygen atoms in total. The third-order valence-corrected chi connectivity index (χ3v) is 5.18. The van der Waals surface area contributed by atoms with E-state index in [1.165, 1.54) is 20.0 Å². The summed E-state index contributed by atoms with van der Waals surface area (Å²) in [7, 11) is 1.35. The van der Waals surface area contributed by atoms with E-state index in [4.69, 9.17) is 10.3 Å². The average molecular weight is 503 g/mol. The molecule has 0 atom stereocenters. The summed E-state index contributed by atoms with van der Waals surface area (Å²) in [5.41, 5.74) is 5.13. The molecule has 194 valence electrons.